The van der Waals surface area contributed by atoms with E-state index >= 15 is 0 Å². The molecule has 2 aromatic heterocycles. The number of aromatic nitrogens is 2. The van der Waals surface area contributed by atoms with Gasteiger partial charge in [-0.3, -0.25) is 4.79 Å². The maximum atomic E-state index is 11.4. The molecule has 6 nitrogen and oxygen atoms in total. The molecular weight excluding hydrogens is 316 g/mol. The van der Waals surface area contributed by atoms with Crippen LogP contribution in [0.2, 0.25) is 5.15 Å². The molecule has 3 rings (SSSR count). The molecule has 118 valence electrons. The standard InChI is InChI=1S/C16H15ClN4O2/c17-16-9(3-1-5-20-16)14-11(8-18)10(7-13(19)23)15-12(22)4-2-6-21(14)15/h1,3,5,12,22H,2,4,6-7H2,(H2,19,23). The first-order valence-corrected chi connectivity index (χ1v) is 7.65. The lowest BCUT2D eigenvalue weighted by Crippen LogP contribution is -2.20. The Morgan fingerprint density at radius 3 is 3.04 bits per heavy atom. The zero-order valence-electron chi connectivity index (χ0n) is 12.3. The van der Waals surface area contributed by atoms with E-state index in [9.17, 15) is 15.2 Å². The fourth-order valence-corrected chi connectivity index (χ4v) is 3.41. The van der Waals surface area contributed by atoms with Gasteiger partial charge in [0.15, 0.2) is 0 Å². The van der Waals surface area contributed by atoms with Gasteiger partial charge in [0, 0.05) is 23.9 Å². The number of halogens is 1. The molecule has 1 amide bonds. The molecule has 0 saturated carbocycles. The third-order valence-corrected chi connectivity index (χ3v) is 4.36. The second-order valence-corrected chi connectivity index (χ2v) is 5.85. The van der Waals surface area contributed by atoms with Crippen LogP contribution in [-0.4, -0.2) is 20.6 Å². The van der Waals surface area contributed by atoms with E-state index in [0.29, 0.717) is 41.0 Å². The minimum absolute atomic E-state index is 0.0901. The number of hydrogen-bond donors (Lipinski definition) is 2. The van der Waals surface area contributed by atoms with Crippen molar-refractivity contribution in [1.29, 1.82) is 5.26 Å². The lowest BCUT2D eigenvalue weighted by Gasteiger charge is -2.23. The van der Waals surface area contributed by atoms with Crippen LogP contribution in [-0.2, 0) is 17.8 Å². The normalized spacial score (nSPS) is 16.7. The van der Waals surface area contributed by atoms with Crippen LogP contribution in [0.3, 0.4) is 0 Å². The molecule has 1 aliphatic rings. The van der Waals surface area contributed by atoms with E-state index in [-0.39, 0.29) is 11.6 Å². The number of nitrogens with zero attached hydrogens (tertiary/aromatic N) is 3. The molecule has 23 heavy (non-hydrogen) atoms. The van der Waals surface area contributed by atoms with Crippen molar-refractivity contribution in [2.24, 2.45) is 5.73 Å². The molecule has 0 radical (unpaired) electrons. The molecular formula is C16H15ClN4O2. The van der Waals surface area contributed by atoms with Gasteiger partial charge >= 0.3 is 0 Å². The summed E-state index contributed by atoms with van der Waals surface area (Å²) >= 11 is 6.19. The van der Waals surface area contributed by atoms with Gasteiger partial charge in [0.1, 0.15) is 11.2 Å². The lowest BCUT2D eigenvalue weighted by atomic mass is 9.99. The second kappa shape index (κ2) is 6.03. The maximum Gasteiger partial charge on any atom is 0.221 e. The van der Waals surface area contributed by atoms with Crippen molar-refractivity contribution in [3.63, 3.8) is 0 Å². The average molecular weight is 331 g/mol. The molecule has 1 aliphatic heterocycles. The van der Waals surface area contributed by atoms with Crippen LogP contribution in [0.5, 0.6) is 0 Å². The van der Waals surface area contributed by atoms with Gasteiger partial charge in [-0.2, -0.15) is 5.26 Å². The summed E-state index contributed by atoms with van der Waals surface area (Å²) in [6, 6.07) is 5.65. The van der Waals surface area contributed by atoms with Crippen molar-refractivity contribution in [2.75, 3.05) is 0 Å². The molecule has 3 heterocycles. The van der Waals surface area contributed by atoms with Crippen molar-refractivity contribution in [3.05, 3.63) is 40.3 Å². The summed E-state index contributed by atoms with van der Waals surface area (Å²) in [5.74, 6) is -0.545. The number of rotatable bonds is 3. The third-order valence-electron chi connectivity index (χ3n) is 4.06. The Kier molecular flexibility index (Phi) is 4.07. The Bertz CT molecular complexity index is 822. The zero-order chi connectivity index (χ0) is 16.6. The number of amides is 1. The van der Waals surface area contributed by atoms with Crippen LogP contribution in [0, 0.1) is 11.3 Å². The van der Waals surface area contributed by atoms with E-state index < -0.39 is 12.0 Å². The number of pyridine rings is 1. The highest BCUT2D eigenvalue weighted by Crippen LogP contribution is 2.40. The molecule has 3 N–H and O–H groups in total. The average Bonchev–Trinajstić information content (AvgIpc) is 2.82. The Morgan fingerprint density at radius 1 is 1.61 bits per heavy atom. The molecule has 0 aromatic carbocycles. The Labute approximate surface area is 138 Å². The zero-order valence-corrected chi connectivity index (χ0v) is 13.0. The molecule has 0 aliphatic carbocycles. The van der Waals surface area contributed by atoms with E-state index in [2.05, 4.69) is 11.1 Å². The van der Waals surface area contributed by atoms with Gasteiger partial charge in [0.05, 0.1) is 29.5 Å². The van der Waals surface area contributed by atoms with Gasteiger partial charge in [-0.05, 0) is 25.0 Å². The largest absolute Gasteiger partial charge is 0.387 e. The summed E-state index contributed by atoms with van der Waals surface area (Å²) < 4.78 is 1.87. The smallest absolute Gasteiger partial charge is 0.221 e. The number of nitrogens with two attached hydrogens (primary N) is 1. The predicted octanol–water partition coefficient (Wildman–Crippen LogP) is 1.93. The number of aliphatic hydroxyl groups excluding tert-OH is 1. The number of aliphatic hydroxyl groups is 1. The van der Waals surface area contributed by atoms with E-state index in [1.165, 1.54) is 0 Å². The Morgan fingerprint density at radius 2 is 2.39 bits per heavy atom. The van der Waals surface area contributed by atoms with Gasteiger partial charge in [0.2, 0.25) is 5.91 Å². The number of carbonyl (C=O) groups excluding carboxylic acids is 1. The molecule has 0 fully saturated rings. The molecule has 2 aromatic rings. The first kappa shape index (κ1) is 15.5. The molecule has 1 atom stereocenters. The fraction of sp³-hybridized carbons (Fsp3) is 0.312. The van der Waals surface area contributed by atoms with Crippen molar-refractivity contribution in [1.82, 2.24) is 9.55 Å². The SMILES string of the molecule is N#Cc1c(CC(N)=O)c2n(c1-c1cccnc1Cl)CCCC2O. The molecule has 1 unspecified atom stereocenters. The number of hydrogen-bond acceptors (Lipinski definition) is 4. The predicted molar refractivity (Wildman–Crippen MR) is 84.5 cm³/mol. The summed E-state index contributed by atoms with van der Waals surface area (Å²) in [4.78, 5) is 15.5. The summed E-state index contributed by atoms with van der Waals surface area (Å²) in [5, 5.41) is 20.3. The van der Waals surface area contributed by atoms with Gasteiger partial charge in [0.25, 0.3) is 0 Å². The van der Waals surface area contributed by atoms with E-state index in [4.69, 9.17) is 17.3 Å². The second-order valence-electron chi connectivity index (χ2n) is 5.49. The van der Waals surface area contributed by atoms with Crippen LogP contribution < -0.4 is 5.73 Å². The van der Waals surface area contributed by atoms with Crippen LogP contribution in [0.4, 0.5) is 0 Å². The quantitative estimate of drug-likeness (QED) is 0.839. The first-order chi connectivity index (χ1) is 11.0. The fourth-order valence-electron chi connectivity index (χ4n) is 3.20. The van der Waals surface area contributed by atoms with Crippen molar-refractivity contribution >= 4 is 17.5 Å². The van der Waals surface area contributed by atoms with Crippen LogP contribution >= 0.6 is 11.6 Å². The summed E-state index contributed by atoms with van der Waals surface area (Å²) in [5.41, 5.74) is 7.93. The van der Waals surface area contributed by atoms with Crippen LogP contribution in [0.1, 0.15) is 35.8 Å². The summed E-state index contributed by atoms with van der Waals surface area (Å²) in [6.07, 6.45) is 2.11. The van der Waals surface area contributed by atoms with Crippen molar-refractivity contribution in [2.45, 2.75) is 31.9 Å². The first-order valence-electron chi connectivity index (χ1n) is 7.27. The van der Waals surface area contributed by atoms with E-state index in [0.717, 1.165) is 6.42 Å². The number of primary amides is 1. The Hall–Kier alpha value is -2.36. The summed E-state index contributed by atoms with van der Waals surface area (Å²) in [7, 11) is 0. The summed E-state index contributed by atoms with van der Waals surface area (Å²) in [6.45, 7) is 0.639. The highest BCUT2D eigenvalue weighted by Gasteiger charge is 2.31. The van der Waals surface area contributed by atoms with Gasteiger partial charge in [-0.1, -0.05) is 11.6 Å². The van der Waals surface area contributed by atoms with E-state index in [1.54, 1.807) is 18.3 Å². The maximum absolute atomic E-state index is 11.4. The molecule has 7 heteroatoms. The highest BCUT2D eigenvalue weighted by molar-refractivity contribution is 6.32. The monoisotopic (exact) mass is 330 g/mol. The van der Waals surface area contributed by atoms with Crippen molar-refractivity contribution < 1.29 is 9.90 Å². The number of nitriles is 1. The Balaban J connectivity index is 2.34. The highest BCUT2D eigenvalue weighted by atomic mass is 35.5. The molecule has 0 saturated heterocycles. The van der Waals surface area contributed by atoms with Crippen LogP contribution in [0.15, 0.2) is 18.3 Å². The third kappa shape index (κ3) is 2.58. The topological polar surface area (TPSA) is 105 Å². The van der Waals surface area contributed by atoms with Gasteiger partial charge in [-0.15, -0.1) is 0 Å². The number of fused-ring (bicyclic) bond motifs is 1. The van der Waals surface area contributed by atoms with Gasteiger partial charge < -0.3 is 15.4 Å². The van der Waals surface area contributed by atoms with Gasteiger partial charge in [-0.25, -0.2) is 4.98 Å². The van der Waals surface area contributed by atoms with E-state index in [1.807, 2.05) is 4.57 Å². The molecule has 0 bridgehead atoms. The molecule has 0 spiro atoms. The van der Waals surface area contributed by atoms with Crippen LogP contribution in [0.25, 0.3) is 11.3 Å². The lowest BCUT2D eigenvalue weighted by molar-refractivity contribution is -0.117. The number of carbonyl (C=O) groups is 1. The minimum atomic E-state index is -0.727. The van der Waals surface area contributed by atoms with Crippen molar-refractivity contribution in [3.8, 4) is 17.3 Å². The minimum Gasteiger partial charge on any atom is -0.387 e.